The second-order valence-corrected chi connectivity index (χ2v) is 12.9. The van der Waals surface area contributed by atoms with Gasteiger partial charge in [-0.05, 0) is 66.8 Å². The third kappa shape index (κ3) is 20.7. The Kier molecular flexibility index (Phi) is 24.5. The van der Waals surface area contributed by atoms with Crippen LogP contribution in [0.25, 0.3) is 0 Å². The van der Waals surface area contributed by atoms with Gasteiger partial charge in [0, 0.05) is 58.7 Å². The van der Waals surface area contributed by atoms with E-state index < -0.39 is 5.97 Å². The number of pyridine rings is 2. The molecule has 14 heteroatoms. The van der Waals surface area contributed by atoms with Crippen LogP contribution >= 0.6 is 23.5 Å². The molecule has 0 aromatic carbocycles. The van der Waals surface area contributed by atoms with Crippen LogP contribution < -0.4 is 0 Å². The molecule has 0 unspecified atom stereocenters. The molecule has 0 aliphatic carbocycles. The molecule has 2 aromatic rings. The van der Waals surface area contributed by atoms with Crippen LogP contribution in [0.5, 0.6) is 0 Å². The molecule has 0 aliphatic heterocycles. The highest BCUT2D eigenvalue weighted by Crippen LogP contribution is 2.10. The monoisotopic (exact) mass is 705 g/mol. The first-order valence-corrected chi connectivity index (χ1v) is 18.6. The maximum Gasteiger partial charge on any atom is 0.354 e. The number of nitriles is 1. The number of carbonyl (C=O) groups excluding carboxylic acids is 1. The van der Waals surface area contributed by atoms with Crippen LogP contribution in [-0.2, 0) is 32.0 Å². The fraction of sp³-hybridized carbons (Fsp3) is 0.618. The van der Waals surface area contributed by atoms with Gasteiger partial charge in [-0.1, -0.05) is 18.6 Å². The van der Waals surface area contributed by atoms with E-state index in [1.165, 1.54) is 30.7 Å². The quantitative estimate of drug-likeness (QED) is 0.0667. The number of ether oxygens (including phenoxy) is 4. The number of carbonyl (C=O) groups is 2. The van der Waals surface area contributed by atoms with Gasteiger partial charge < -0.3 is 24.1 Å². The van der Waals surface area contributed by atoms with E-state index in [0.29, 0.717) is 90.4 Å². The van der Waals surface area contributed by atoms with Gasteiger partial charge in [-0.3, -0.25) is 14.6 Å². The number of carboxylic acid groups (broad SMARTS) is 1. The molecule has 0 spiro atoms. The van der Waals surface area contributed by atoms with Crippen LogP contribution in [-0.4, -0.2) is 134 Å². The first-order chi connectivity index (χ1) is 23.5. The van der Waals surface area contributed by atoms with E-state index >= 15 is 0 Å². The highest BCUT2D eigenvalue weighted by molar-refractivity contribution is 8.03. The van der Waals surface area contributed by atoms with E-state index in [-0.39, 0.29) is 5.69 Å². The van der Waals surface area contributed by atoms with Crippen molar-refractivity contribution in [3.8, 4) is 5.40 Å². The smallest absolute Gasteiger partial charge is 0.354 e. The Morgan fingerprint density at radius 1 is 0.792 bits per heavy atom. The van der Waals surface area contributed by atoms with Gasteiger partial charge in [0.2, 0.25) is 0 Å². The molecule has 0 amide bonds. The fourth-order valence-corrected chi connectivity index (χ4v) is 5.90. The zero-order chi connectivity index (χ0) is 34.5. The zero-order valence-corrected chi connectivity index (χ0v) is 29.8. The van der Waals surface area contributed by atoms with Gasteiger partial charge in [0.05, 0.1) is 51.0 Å². The molecule has 0 fully saturated rings. The second kappa shape index (κ2) is 28.3. The number of hydrogen-bond donors (Lipinski definition) is 1. The second-order valence-electron chi connectivity index (χ2n) is 10.8. The maximum atomic E-state index is 11.4. The van der Waals surface area contributed by atoms with Crippen LogP contribution in [0.15, 0.2) is 36.4 Å². The van der Waals surface area contributed by atoms with Crippen LogP contribution in [0, 0.1) is 10.7 Å². The van der Waals surface area contributed by atoms with E-state index in [9.17, 15) is 14.7 Å². The number of methoxy groups -OCH3 is 1. The minimum Gasteiger partial charge on any atom is -0.477 e. The number of nitrogens with zero attached hydrogens (tertiary/aromatic N) is 5. The van der Waals surface area contributed by atoms with Crippen LogP contribution in [0.3, 0.4) is 0 Å². The van der Waals surface area contributed by atoms with Gasteiger partial charge >= 0.3 is 5.97 Å². The zero-order valence-electron chi connectivity index (χ0n) is 28.1. The predicted octanol–water partition coefficient (Wildman–Crippen LogP) is 4.50. The molecule has 1 N–H and O–H groups in total. The highest BCUT2D eigenvalue weighted by Gasteiger charge is 2.11. The van der Waals surface area contributed by atoms with Crippen molar-refractivity contribution in [3.63, 3.8) is 0 Å². The Morgan fingerprint density at radius 2 is 1.38 bits per heavy atom. The Hall–Kier alpha value is -2.61. The van der Waals surface area contributed by atoms with Crippen molar-refractivity contribution in [2.24, 2.45) is 0 Å². The third-order valence-electron chi connectivity index (χ3n) is 7.06. The summed E-state index contributed by atoms with van der Waals surface area (Å²) >= 11 is 3.28. The third-order valence-corrected chi connectivity index (χ3v) is 8.84. The molecule has 0 radical (unpaired) electrons. The lowest BCUT2D eigenvalue weighted by molar-refractivity contribution is 0.0236. The lowest BCUT2D eigenvalue weighted by Gasteiger charge is -2.22. The summed E-state index contributed by atoms with van der Waals surface area (Å²) in [4.78, 5) is 35.4. The van der Waals surface area contributed by atoms with Gasteiger partial charge in [0.15, 0.2) is 6.29 Å². The Balaban J connectivity index is 1.66. The minimum absolute atomic E-state index is 0.0298. The number of rotatable bonds is 31. The summed E-state index contributed by atoms with van der Waals surface area (Å²) in [5.41, 5.74) is 1.96. The lowest BCUT2D eigenvalue weighted by atomic mass is 10.3. The number of aromatic nitrogens is 2. The Bertz CT molecular complexity index is 1190. The average Bonchev–Trinajstić information content (AvgIpc) is 3.10. The van der Waals surface area contributed by atoms with E-state index in [2.05, 4.69) is 25.2 Å². The van der Waals surface area contributed by atoms with Gasteiger partial charge in [0.25, 0.3) is 0 Å². The van der Waals surface area contributed by atoms with Gasteiger partial charge in [-0.25, -0.2) is 14.8 Å². The molecule has 0 saturated heterocycles. The fourth-order valence-electron chi connectivity index (χ4n) is 4.53. The summed E-state index contributed by atoms with van der Waals surface area (Å²) in [5.74, 6) is 2.08. The number of thioether (sulfide) groups is 2. The maximum absolute atomic E-state index is 11.4. The first-order valence-electron chi connectivity index (χ1n) is 16.4. The van der Waals surface area contributed by atoms with Crippen molar-refractivity contribution < 1.29 is 33.6 Å². The first kappa shape index (κ1) is 41.6. The summed E-state index contributed by atoms with van der Waals surface area (Å²) in [6.45, 7) is 7.59. The highest BCUT2D eigenvalue weighted by atomic mass is 32.2. The number of aromatic carboxylic acids is 1. The number of unbranched alkanes of at least 4 members (excludes halogenated alkanes) is 2. The Labute approximate surface area is 293 Å². The number of thiocyanates is 1. The van der Waals surface area contributed by atoms with Crippen molar-refractivity contribution >= 4 is 35.8 Å². The van der Waals surface area contributed by atoms with E-state index in [1.807, 2.05) is 30.0 Å². The molecule has 0 saturated carbocycles. The van der Waals surface area contributed by atoms with Crippen molar-refractivity contribution in [1.29, 1.82) is 5.26 Å². The van der Waals surface area contributed by atoms with Crippen molar-refractivity contribution in [3.05, 3.63) is 59.2 Å². The number of carboxylic acids is 1. The topological polar surface area (TPSA) is 147 Å². The molecule has 48 heavy (non-hydrogen) atoms. The van der Waals surface area contributed by atoms with Crippen molar-refractivity contribution in [2.75, 3.05) is 96.8 Å². The van der Waals surface area contributed by atoms with E-state index in [0.717, 1.165) is 48.6 Å². The summed E-state index contributed by atoms with van der Waals surface area (Å²) in [7, 11) is 1.67. The van der Waals surface area contributed by atoms with Crippen molar-refractivity contribution in [1.82, 2.24) is 19.8 Å². The molecule has 2 rings (SSSR count). The van der Waals surface area contributed by atoms with Gasteiger partial charge in [0.1, 0.15) is 16.8 Å². The van der Waals surface area contributed by atoms with Gasteiger partial charge in [-0.2, -0.15) is 17.0 Å². The summed E-state index contributed by atoms with van der Waals surface area (Å²) < 4.78 is 22.8. The standard InChI is InChI=1S/C34H51N5O7S2/c1-43-17-12-38(26-30-8-5-10-32(28-40)36-30)14-19-45-21-22-46-20-15-39(27-31-9-6-11-33(37-31)34(41)42)13-18-44-16-7-25-47-23-3-2-4-24-48-29-35/h5-6,8-11,28H,2-4,7,12-27H2,1H3,(H,41,42). The molecule has 0 bridgehead atoms. The molecule has 0 atom stereocenters. The molecule has 0 aliphatic rings. The number of aldehydes is 1. The lowest BCUT2D eigenvalue weighted by Crippen LogP contribution is -2.32. The van der Waals surface area contributed by atoms with Crippen molar-refractivity contribution in [2.45, 2.75) is 38.8 Å². The largest absolute Gasteiger partial charge is 0.477 e. The summed E-state index contributed by atoms with van der Waals surface area (Å²) in [5, 5.41) is 20.0. The molecular weight excluding hydrogens is 655 g/mol. The normalized spacial score (nSPS) is 11.3. The summed E-state index contributed by atoms with van der Waals surface area (Å²) in [6.07, 6.45) is 5.20. The van der Waals surface area contributed by atoms with E-state index in [4.69, 9.17) is 24.2 Å². The van der Waals surface area contributed by atoms with Crippen LogP contribution in [0.1, 0.15) is 58.0 Å². The molecular formula is C34H51N5O7S2. The Morgan fingerprint density at radius 3 is 2.00 bits per heavy atom. The predicted molar refractivity (Wildman–Crippen MR) is 190 cm³/mol. The van der Waals surface area contributed by atoms with E-state index in [1.54, 1.807) is 19.2 Å². The van der Waals surface area contributed by atoms with Gasteiger partial charge in [-0.15, -0.1) is 0 Å². The molecule has 12 nitrogen and oxygen atoms in total. The summed E-state index contributed by atoms with van der Waals surface area (Å²) in [6, 6.07) is 10.5. The molecule has 2 aromatic heterocycles. The average molecular weight is 706 g/mol. The van der Waals surface area contributed by atoms with Crippen LogP contribution in [0.2, 0.25) is 0 Å². The van der Waals surface area contributed by atoms with Crippen LogP contribution in [0.4, 0.5) is 0 Å². The SMILES string of the molecule is COCCN(CCOCCOCCN(CCOCCCSCCCCCSC#N)Cc1cccc(C(=O)O)n1)Cc1cccc(C=O)n1. The minimum atomic E-state index is -1.04. The number of hydrogen-bond acceptors (Lipinski definition) is 13. The molecule has 2 heterocycles. The molecule has 266 valence electrons.